The fourth-order valence-corrected chi connectivity index (χ4v) is 4.15. The number of likely N-dealkylation sites (tertiary alicyclic amines) is 1. The van der Waals surface area contributed by atoms with Crippen LogP contribution in [0.2, 0.25) is 0 Å². The first-order chi connectivity index (χ1) is 10.3. The molecule has 2 atom stereocenters. The van der Waals surface area contributed by atoms with E-state index in [1.807, 2.05) is 4.90 Å². The number of nitrogens with zero attached hydrogens (tertiary/aromatic N) is 4. The topological polar surface area (TPSA) is 49.3 Å². The average Bonchev–Trinajstić information content (AvgIpc) is 3.19. The van der Waals surface area contributed by atoms with E-state index in [1.54, 1.807) is 23.7 Å². The molecule has 0 bridgehead atoms. The Labute approximate surface area is 127 Å². The van der Waals surface area contributed by atoms with Crippen LogP contribution in [0.4, 0.5) is 5.69 Å². The van der Waals surface area contributed by atoms with E-state index in [0.717, 1.165) is 25.2 Å². The summed E-state index contributed by atoms with van der Waals surface area (Å²) in [5.74, 6) is 0.190. The van der Waals surface area contributed by atoms with Crippen LogP contribution in [0.15, 0.2) is 35.5 Å². The first kappa shape index (κ1) is 12.9. The number of amides is 1. The molecule has 6 heteroatoms. The predicted octanol–water partition coefficient (Wildman–Crippen LogP) is 1.92. The van der Waals surface area contributed by atoms with Crippen molar-refractivity contribution in [2.24, 2.45) is 0 Å². The smallest absolute Gasteiger partial charge is 0.229 e. The molecule has 108 valence electrons. The van der Waals surface area contributed by atoms with Crippen LogP contribution in [0.3, 0.4) is 0 Å². The lowest BCUT2D eigenvalue weighted by Gasteiger charge is -2.24. The maximum atomic E-state index is 12.4. The summed E-state index contributed by atoms with van der Waals surface area (Å²) in [6, 6.07) is 2.75. The Morgan fingerprint density at radius 1 is 1.29 bits per heavy atom. The lowest BCUT2D eigenvalue weighted by atomic mass is 10.1. The highest BCUT2D eigenvalue weighted by atomic mass is 32.1. The van der Waals surface area contributed by atoms with Gasteiger partial charge in [0.25, 0.3) is 0 Å². The lowest BCUT2D eigenvalue weighted by molar-refractivity contribution is -0.117. The Hall–Kier alpha value is -1.79. The lowest BCUT2D eigenvalue weighted by Crippen LogP contribution is -2.37. The quantitative estimate of drug-likeness (QED) is 0.869. The van der Waals surface area contributed by atoms with Gasteiger partial charge >= 0.3 is 0 Å². The maximum Gasteiger partial charge on any atom is 0.229 e. The molecule has 21 heavy (non-hydrogen) atoms. The molecule has 0 N–H and O–H groups in total. The number of fused-ring (bicyclic) bond motifs is 1. The van der Waals surface area contributed by atoms with Gasteiger partial charge in [-0.05, 0) is 28.8 Å². The van der Waals surface area contributed by atoms with Crippen LogP contribution in [0.5, 0.6) is 0 Å². The minimum atomic E-state index is 0.190. The van der Waals surface area contributed by atoms with Crippen molar-refractivity contribution in [1.82, 2.24) is 14.9 Å². The van der Waals surface area contributed by atoms with Crippen molar-refractivity contribution in [3.05, 3.63) is 41.1 Å². The summed E-state index contributed by atoms with van der Waals surface area (Å²) in [5, 5.41) is 4.29. The molecule has 1 amide bonds. The second kappa shape index (κ2) is 5.20. The van der Waals surface area contributed by atoms with Crippen molar-refractivity contribution < 1.29 is 4.79 Å². The molecule has 4 heterocycles. The predicted molar refractivity (Wildman–Crippen MR) is 81.1 cm³/mol. The molecule has 2 fully saturated rings. The monoisotopic (exact) mass is 300 g/mol. The maximum absolute atomic E-state index is 12.4. The van der Waals surface area contributed by atoms with Crippen LogP contribution in [-0.2, 0) is 11.3 Å². The summed E-state index contributed by atoms with van der Waals surface area (Å²) in [4.78, 5) is 24.8. The Morgan fingerprint density at radius 2 is 2.14 bits per heavy atom. The molecule has 0 spiro atoms. The van der Waals surface area contributed by atoms with Gasteiger partial charge in [-0.25, -0.2) is 9.97 Å². The number of rotatable bonds is 3. The van der Waals surface area contributed by atoms with Gasteiger partial charge in [0, 0.05) is 25.6 Å². The number of thiophene rings is 1. The van der Waals surface area contributed by atoms with Crippen LogP contribution < -0.4 is 4.90 Å². The fraction of sp³-hybridized carbons (Fsp3) is 0.400. The molecule has 4 rings (SSSR count). The van der Waals surface area contributed by atoms with Gasteiger partial charge in [-0.15, -0.1) is 0 Å². The third kappa shape index (κ3) is 2.24. The molecule has 0 radical (unpaired) electrons. The Morgan fingerprint density at radius 3 is 2.90 bits per heavy atom. The highest BCUT2D eigenvalue weighted by Gasteiger charge is 2.47. The number of hydrogen-bond donors (Lipinski definition) is 0. The molecule has 2 saturated heterocycles. The minimum Gasteiger partial charge on any atom is -0.305 e. The van der Waals surface area contributed by atoms with Crippen LogP contribution in [0.1, 0.15) is 18.4 Å². The van der Waals surface area contributed by atoms with Crippen LogP contribution in [0, 0.1) is 0 Å². The third-order valence-corrected chi connectivity index (χ3v) is 5.13. The summed E-state index contributed by atoms with van der Waals surface area (Å²) in [6.45, 7) is 1.99. The molecule has 2 aliphatic rings. The van der Waals surface area contributed by atoms with E-state index in [2.05, 4.69) is 31.7 Å². The summed E-state index contributed by atoms with van der Waals surface area (Å²) < 4.78 is 0. The summed E-state index contributed by atoms with van der Waals surface area (Å²) in [7, 11) is 0. The Balaban J connectivity index is 1.55. The van der Waals surface area contributed by atoms with E-state index in [1.165, 1.54) is 11.9 Å². The molecule has 0 unspecified atom stereocenters. The minimum absolute atomic E-state index is 0.190. The number of hydrogen-bond acceptors (Lipinski definition) is 5. The molecule has 0 aromatic carbocycles. The van der Waals surface area contributed by atoms with Gasteiger partial charge in [-0.3, -0.25) is 9.69 Å². The van der Waals surface area contributed by atoms with E-state index >= 15 is 0 Å². The van der Waals surface area contributed by atoms with Crippen molar-refractivity contribution in [1.29, 1.82) is 0 Å². The van der Waals surface area contributed by atoms with Gasteiger partial charge in [0.15, 0.2) is 0 Å². The number of carbonyl (C=O) groups is 1. The van der Waals surface area contributed by atoms with Crippen LogP contribution in [-0.4, -0.2) is 39.4 Å². The van der Waals surface area contributed by atoms with Crippen LogP contribution in [0.25, 0.3) is 0 Å². The van der Waals surface area contributed by atoms with E-state index in [4.69, 9.17) is 0 Å². The number of anilines is 1. The van der Waals surface area contributed by atoms with Gasteiger partial charge < -0.3 is 4.90 Å². The van der Waals surface area contributed by atoms with Crippen molar-refractivity contribution in [2.75, 3.05) is 11.4 Å². The average molecular weight is 300 g/mol. The highest BCUT2D eigenvalue weighted by molar-refractivity contribution is 7.07. The second-order valence-electron chi connectivity index (χ2n) is 5.59. The zero-order valence-electron chi connectivity index (χ0n) is 11.6. The summed E-state index contributed by atoms with van der Waals surface area (Å²) in [6.07, 6.45) is 6.59. The molecule has 2 aliphatic heterocycles. The molecule has 2 aromatic rings. The first-order valence-corrected chi connectivity index (χ1v) is 8.09. The zero-order chi connectivity index (χ0) is 14.2. The molecule has 5 nitrogen and oxygen atoms in total. The highest BCUT2D eigenvalue weighted by Crippen LogP contribution is 2.36. The standard InChI is InChI=1S/C15H16N4OS/c20-15-5-14-13(19(15)12-6-16-10-17-7-12)1-3-18(14)8-11-2-4-21-9-11/h2,4,6-7,9-10,13-14H,1,3,5,8H2/t13-,14+/m1/s1. The first-order valence-electron chi connectivity index (χ1n) is 7.15. The Bertz CT molecular complexity index is 630. The van der Waals surface area contributed by atoms with Crippen molar-refractivity contribution in [3.63, 3.8) is 0 Å². The molecular formula is C15H16N4OS. The molecule has 0 aliphatic carbocycles. The number of aromatic nitrogens is 2. The van der Waals surface area contributed by atoms with E-state index < -0.39 is 0 Å². The third-order valence-electron chi connectivity index (χ3n) is 4.40. The molecular weight excluding hydrogens is 284 g/mol. The van der Waals surface area contributed by atoms with Crippen molar-refractivity contribution in [2.45, 2.75) is 31.5 Å². The van der Waals surface area contributed by atoms with E-state index in [0.29, 0.717) is 12.5 Å². The second-order valence-corrected chi connectivity index (χ2v) is 6.37. The van der Waals surface area contributed by atoms with Gasteiger partial charge in [-0.1, -0.05) is 0 Å². The Kier molecular flexibility index (Phi) is 3.20. The van der Waals surface area contributed by atoms with Crippen LogP contribution >= 0.6 is 11.3 Å². The van der Waals surface area contributed by atoms with E-state index in [-0.39, 0.29) is 11.9 Å². The van der Waals surface area contributed by atoms with Crippen molar-refractivity contribution in [3.8, 4) is 0 Å². The van der Waals surface area contributed by atoms with Crippen molar-refractivity contribution >= 4 is 22.9 Å². The molecule has 2 aromatic heterocycles. The fourth-order valence-electron chi connectivity index (χ4n) is 3.49. The summed E-state index contributed by atoms with van der Waals surface area (Å²) >= 11 is 1.73. The number of carbonyl (C=O) groups excluding carboxylic acids is 1. The van der Waals surface area contributed by atoms with Gasteiger partial charge in [0.05, 0.1) is 24.1 Å². The van der Waals surface area contributed by atoms with Gasteiger partial charge in [0.1, 0.15) is 6.33 Å². The largest absolute Gasteiger partial charge is 0.305 e. The molecule has 0 saturated carbocycles. The van der Waals surface area contributed by atoms with Gasteiger partial charge in [0.2, 0.25) is 5.91 Å². The zero-order valence-corrected chi connectivity index (χ0v) is 12.4. The van der Waals surface area contributed by atoms with Gasteiger partial charge in [-0.2, -0.15) is 11.3 Å². The van der Waals surface area contributed by atoms with E-state index in [9.17, 15) is 4.79 Å². The summed E-state index contributed by atoms with van der Waals surface area (Å²) in [5.41, 5.74) is 2.17. The SMILES string of the molecule is O=C1C[C@H]2[C@@H](CCN2Cc2ccsc2)N1c1cncnc1. The normalized spacial score (nSPS) is 25.5.